The van der Waals surface area contributed by atoms with E-state index in [0.717, 1.165) is 12.1 Å². The maximum Gasteiger partial charge on any atom is 0.245 e. The van der Waals surface area contributed by atoms with Crippen LogP contribution in [0, 0.1) is 5.82 Å². The second-order valence-electron chi connectivity index (χ2n) is 4.77. The first-order valence-corrected chi connectivity index (χ1v) is 7.85. The lowest BCUT2D eigenvalue weighted by Crippen LogP contribution is -2.57. The van der Waals surface area contributed by atoms with E-state index >= 15 is 0 Å². The minimum atomic E-state index is -3.79. The second-order valence-corrected chi connectivity index (χ2v) is 6.98. The third kappa shape index (κ3) is 2.76. The molecule has 1 saturated heterocycles. The van der Waals surface area contributed by atoms with Gasteiger partial charge in [0.05, 0.1) is 5.02 Å². The summed E-state index contributed by atoms with van der Waals surface area (Å²) in [4.78, 5) is -0.172. The average molecular weight is 307 g/mol. The van der Waals surface area contributed by atoms with Crippen molar-refractivity contribution in [3.05, 3.63) is 29.0 Å². The summed E-state index contributed by atoms with van der Waals surface area (Å²) >= 11 is 5.91. The Labute approximate surface area is 117 Å². The van der Waals surface area contributed by atoms with E-state index in [4.69, 9.17) is 11.6 Å². The van der Waals surface area contributed by atoms with E-state index in [1.54, 1.807) is 0 Å². The van der Waals surface area contributed by atoms with Crippen molar-refractivity contribution in [3.63, 3.8) is 0 Å². The lowest BCUT2D eigenvalue weighted by atomic mass is 10.2. The fraction of sp³-hybridized carbons (Fsp3) is 0.500. The summed E-state index contributed by atoms with van der Waals surface area (Å²) in [5, 5.41) is 3.19. The normalized spacial score (nSPS) is 25.5. The summed E-state index contributed by atoms with van der Waals surface area (Å²) in [5.41, 5.74) is 0. The summed E-state index contributed by atoms with van der Waals surface area (Å²) in [6, 6.07) is 2.98. The molecule has 1 N–H and O–H groups in total. The Bertz CT molecular complexity index is 569. The molecular formula is C12H16ClFN2O2S. The van der Waals surface area contributed by atoms with Gasteiger partial charge in [-0.05, 0) is 32.0 Å². The first kappa shape index (κ1) is 14.7. The molecule has 4 nitrogen and oxygen atoms in total. The Hall–Kier alpha value is -0.690. The van der Waals surface area contributed by atoms with E-state index in [2.05, 4.69) is 5.32 Å². The molecule has 0 bridgehead atoms. The van der Waals surface area contributed by atoms with Gasteiger partial charge in [0.1, 0.15) is 10.7 Å². The molecule has 1 aliphatic rings. The summed E-state index contributed by atoms with van der Waals surface area (Å²) < 4.78 is 39.9. The van der Waals surface area contributed by atoms with E-state index in [-0.39, 0.29) is 22.0 Å². The highest BCUT2D eigenvalue weighted by molar-refractivity contribution is 7.89. The van der Waals surface area contributed by atoms with E-state index < -0.39 is 15.8 Å². The standard InChI is InChI=1S/C12H16ClFN2O2S/c1-8-6-15-7-9(2)16(8)19(17,18)12-5-10(14)3-4-11(12)13/h3-5,8-9,15H,6-7H2,1-2H3. The van der Waals surface area contributed by atoms with Crippen molar-refractivity contribution in [3.8, 4) is 0 Å². The fourth-order valence-corrected chi connectivity index (χ4v) is 4.69. The molecule has 0 aromatic heterocycles. The van der Waals surface area contributed by atoms with Gasteiger partial charge < -0.3 is 5.32 Å². The van der Waals surface area contributed by atoms with Crippen LogP contribution in [-0.2, 0) is 10.0 Å². The van der Waals surface area contributed by atoms with Gasteiger partial charge in [-0.3, -0.25) is 0 Å². The largest absolute Gasteiger partial charge is 0.314 e. The fourth-order valence-electron chi connectivity index (χ4n) is 2.38. The zero-order chi connectivity index (χ0) is 14.2. The molecule has 0 saturated carbocycles. The Balaban J connectivity index is 2.49. The number of benzene rings is 1. The van der Waals surface area contributed by atoms with Gasteiger partial charge in [-0.25, -0.2) is 12.8 Å². The average Bonchev–Trinajstić information content (AvgIpc) is 2.31. The van der Waals surface area contributed by atoms with Crippen molar-refractivity contribution in [2.24, 2.45) is 0 Å². The topological polar surface area (TPSA) is 49.4 Å². The zero-order valence-electron chi connectivity index (χ0n) is 10.7. The smallest absolute Gasteiger partial charge is 0.245 e. The predicted octanol–water partition coefficient (Wildman–Crippen LogP) is 1.85. The third-order valence-electron chi connectivity index (χ3n) is 3.20. The highest BCUT2D eigenvalue weighted by Gasteiger charge is 2.36. The SMILES string of the molecule is CC1CNCC(C)N1S(=O)(=O)c1cc(F)ccc1Cl. The van der Waals surface area contributed by atoms with Gasteiger partial charge in [0.2, 0.25) is 10.0 Å². The van der Waals surface area contributed by atoms with Gasteiger partial charge in [-0.15, -0.1) is 0 Å². The van der Waals surface area contributed by atoms with Gasteiger partial charge in [-0.2, -0.15) is 4.31 Å². The van der Waals surface area contributed by atoms with E-state index in [1.165, 1.54) is 10.4 Å². The van der Waals surface area contributed by atoms with E-state index in [9.17, 15) is 12.8 Å². The Morgan fingerprint density at radius 2 is 1.89 bits per heavy atom. The lowest BCUT2D eigenvalue weighted by molar-refractivity contribution is 0.220. The van der Waals surface area contributed by atoms with Crippen LogP contribution in [0.2, 0.25) is 5.02 Å². The minimum Gasteiger partial charge on any atom is -0.314 e. The number of hydrogen-bond acceptors (Lipinski definition) is 3. The lowest BCUT2D eigenvalue weighted by Gasteiger charge is -2.38. The van der Waals surface area contributed by atoms with Gasteiger partial charge in [0.15, 0.2) is 0 Å². The number of sulfonamides is 1. The van der Waals surface area contributed by atoms with Crippen LogP contribution >= 0.6 is 11.6 Å². The van der Waals surface area contributed by atoms with Crippen LogP contribution in [0.25, 0.3) is 0 Å². The van der Waals surface area contributed by atoms with E-state index in [0.29, 0.717) is 13.1 Å². The van der Waals surface area contributed by atoms with Crippen LogP contribution in [0.1, 0.15) is 13.8 Å². The molecule has 1 heterocycles. The monoisotopic (exact) mass is 306 g/mol. The molecule has 1 fully saturated rings. The van der Waals surface area contributed by atoms with Crippen molar-refractivity contribution in [1.82, 2.24) is 9.62 Å². The Kier molecular flexibility index (Phi) is 4.15. The summed E-state index contributed by atoms with van der Waals surface area (Å²) in [6.07, 6.45) is 0. The molecular weight excluding hydrogens is 291 g/mol. The Morgan fingerprint density at radius 3 is 2.47 bits per heavy atom. The highest BCUT2D eigenvalue weighted by atomic mass is 35.5. The van der Waals surface area contributed by atoms with Gasteiger partial charge >= 0.3 is 0 Å². The molecule has 7 heteroatoms. The maximum absolute atomic E-state index is 13.3. The summed E-state index contributed by atoms with van der Waals surface area (Å²) in [7, 11) is -3.79. The van der Waals surface area contributed by atoms with Crippen molar-refractivity contribution >= 4 is 21.6 Å². The van der Waals surface area contributed by atoms with Crippen LogP contribution in [0.3, 0.4) is 0 Å². The third-order valence-corrected chi connectivity index (χ3v) is 5.81. The first-order valence-electron chi connectivity index (χ1n) is 6.03. The molecule has 106 valence electrons. The molecule has 1 aromatic rings. The summed E-state index contributed by atoms with van der Waals surface area (Å²) in [5.74, 6) is -0.613. The van der Waals surface area contributed by atoms with Crippen LogP contribution in [-0.4, -0.2) is 37.9 Å². The molecule has 19 heavy (non-hydrogen) atoms. The molecule has 1 aliphatic heterocycles. The predicted molar refractivity (Wildman–Crippen MR) is 72.2 cm³/mol. The molecule has 0 amide bonds. The first-order chi connectivity index (χ1) is 8.84. The summed E-state index contributed by atoms with van der Waals surface area (Å²) in [6.45, 7) is 4.76. The molecule has 0 aliphatic carbocycles. The number of rotatable bonds is 2. The van der Waals surface area contributed by atoms with E-state index in [1.807, 2.05) is 13.8 Å². The van der Waals surface area contributed by atoms with Crippen molar-refractivity contribution in [2.45, 2.75) is 30.8 Å². The van der Waals surface area contributed by atoms with Crippen LogP contribution < -0.4 is 5.32 Å². The zero-order valence-corrected chi connectivity index (χ0v) is 12.3. The maximum atomic E-state index is 13.3. The number of halogens is 2. The molecule has 2 rings (SSSR count). The van der Waals surface area contributed by atoms with Gasteiger partial charge in [0.25, 0.3) is 0 Å². The van der Waals surface area contributed by atoms with Gasteiger partial charge in [-0.1, -0.05) is 11.6 Å². The second kappa shape index (κ2) is 5.36. The number of hydrogen-bond donors (Lipinski definition) is 1. The quantitative estimate of drug-likeness (QED) is 0.907. The number of nitrogens with one attached hydrogen (secondary N) is 1. The van der Waals surface area contributed by atoms with Crippen molar-refractivity contribution in [1.29, 1.82) is 0 Å². The highest BCUT2D eigenvalue weighted by Crippen LogP contribution is 2.28. The molecule has 0 spiro atoms. The van der Waals surface area contributed by atoms with Gasteiger partial charge in [0, 0.05) is 25.2 Å². The van der Waals surface area contributed by atoms with Crippen molar-refractivity contribution in [2.75, 3.05) is 13.1 Å². The molecule has 2 atom stereocenters. The number of nitrogens with zero attached hydrogens (tertiary/aromatic N) is 1. The van der Waals surface area contributed by atoms with Crippen molar-refractivity contribution < 1.29 is 12.8 Å². The number of piperazine rings is 1. The Morgan fingerprint density at radius 1 is 1.32 bits per heavy atom. The minimum absolute atomic E-state index is 0.0410. The van der Waals surface area contributed by atoms with Crippen LogP contribution in [0.4, 0.5) is 4.39 Å². The molecule has 1 aromatic carbocycles. The van der Waals surface area contributed by atoms with Crippen LogP contribution in [0.5, 0.6) is 0 Å². The molecule has 0 radical (unpaired) electrons. The molecule has 2 unspecified atom stereocenters. The van der Waals surface area contributed by atoms with Crippen LogP contribution in [0.15, 0.2) is 23.1 Å².